The number of benzene rings is 1. The summed E-state index contributed by atoms with van der Waals surface area (Å²) in [4.78, 5) is 12.4. The molecule has 1 atom stereocenters. The molecule has 0 saturated heterocycles. The molecular formula is C17H20O3. The Kier molecular flexibility index (Phi) is 2.56. The minimum atomic E-state index is -0.229. The van der Waals surface area contributed by atoms with Crippen molar-refractivity contribution in [3.05, 3.63) is 34.9 Å². The second-order valence-corrected chi connectivity index (χ2v) is 6.88. The Labute approximate surface area is 118 Å². The number of carbonyl (C=O) groups excluding carboxylic acids is 1. The topological polar surface area (TPSA) is 57.5 Å². The summed E-state index contributed by atoms with van der Waals surface area (Å²) in [6.45, 7) is 6.49. The van der Waals surface area contributed by atoms with Crippen LogP contribution in [0.15, 0.2) is 23.8 Å². The van der Waals surface area contributed by atoms with Gasteiger partial charge in [0, 0.05) is 11.0 Å². The summed E-state index contributed by atoms with van der Waals surface area (Å²) >= 11 is 0. The van der Waals surface area contributed by atoms with Crippen LogP contribution in [0.4, 0.5) is 0 Å². The number of rotatable bonds is 0. The number of phenols is 2. The highest BCUT2D eigenvalue weighted by Crippen LogP contribution is 2.55. The minimum Gasteiger partial charge on any atom is -0.504 e. The molecule has 106 valence electrons. The fraction of sp³-hybridized carbons (Fsp3) is 0.471. The molecular weight excluding hydrogens is 252 g/mol. The van der Waals surface area contributed by atoms with E-state index in [9.17, 15) is 15.0 Å². The van der Waals surface area contributed by atoms with Gasteiger partial charge in [-0.3, -0.25) is 4.79 Å². The molecule has 0 unspecified atom stereocenters. The number of hydrogen-bond donors (Lipinski definition) is 2. The van der Waals surface area contributed by atoms with Crippen LogP contribution in [0.2, 0.25) is 0 Å². The fourth-order valence-corrected chi connectivity index (χ4v) is 3.98. The SMILES string of the molecule is CC1(C)CCC[C@@]2(C)C1=CC(=O)c1cc(O)c(O)cc12. The van der Waals surface area contributed by atoms with E-state index >= 15 is 0 Å². The van der Waals surface area contributed by atoms with Gasteiger partial charge in [0.1, 0.15) is 0 Å². The molecule has 1 saturated carbocycles. The van der Waals surface area contributed by atoms with E-state index in [0.29, 0.717) is 5.56 Å². The summed E-state index contributed by atoms with van der Waals surface area (Å²) in [5.74, 6) is -0.451. The largest absolute Gasteiger partial charge is 0.504 e. The first kappa shape index (κ1) is 13.2. The van der Waals surface area contributed by atoms with Crippen molar-refractivity contribution in [3.63, 3.8) is 0 Å². The predicted octanol–water partition coefficient (Wildman–Crippen LogP) is 3.69. The molecule has 2 aliphatic carbocycles. The number of aromatic hydroxyl groups is 2. The Morgan fingerprint density at radius 1 is 1.05 bits per heavy atom. The first-order chi connectivity index (χ1) is 9.25. The standard InChI is InChI=1S/C17H20O3/c1-16(2)5-4-6-17(3)11-8-14(20)13(19)7-10(11)12(18)9-15(16)17/h7-9,19-20H,4-6H2,1-3H3/t17-/m1/s1. The molecule has 1 aromatic rings. The van der Waals surface area contributed by atoms with Crippen LogP contribution in [-0.4, -0.2) is 16.0 Å². The zero-order valence-electron chi connectivity index (χ0n) is 12.2. The van der Waals surface area contributed by atoms with Gasteiger partial charge >= 0.3 is 0 Å². The highest BCUT2D eigenvalue weighted by atomic mass is 16.3. The first-order valence-electron chi connectivity index (χ1n) is 7.09. The van der Waals surface area contributed by atoms with Gasteiger partial charge in [-0.25, -0.2) is 0 Å². The first-order valence-corrected chi connectivity index (χ1v) is 7.09. The van der Waals surface area contributed by atoms with E-state index in [2.05, 4.69) is 20.8 Å². The Balaban J connectivity index is 2.28. The van der Waals surface area contributed by atoms with Crippen LogP contribution < -0.4 is 0 Å². The van der Waals surface area contributed by atoms with Gasteiger partial charge in [0.05, 0.1) is 0 Å². The van der Waals surface area contributed by atoms with Crippen molar-refractivity contribution >= 4 is 5.78 Å². The van der Waals surface area contributed by atoms with Crippen molar-refractivity contribution < 1.29 is 15.0 Å². The lowest BCUT2D eigenvalue weighted by molar-refractivity contribution is 0.102. The van der Waals surface area contributed by atoms with Gasteiger partial charge in [0.2, 0.25) is 0 Å². The summed E-state index contributed by atoms with van der Waals surface area (Å²) < 4.78 is 0. The molecule has 0 radical (unpaired) electrons. The summed E-state index contributed by atoms with van der Waals surface area (Å²) in [5, 5.41) is 19.5. The highest BCUT2D eigenvalue weighted by molar-refractivity contribution is 6.08. The second-order valence-electron chi connectivity index (χ2n) is 6.88. The minimum absolute atomic E-state index is 0.00610. The Morgan fingerprint density at radius 2 is 1.70 bits per heavy atom. The molecule has 0 bridgehead atoms. The van der Waals surface area contributed by atoms with Crippen molar-refractivity contribution in [3.8, 4) is 11.5 Å². The molecule has 0 aromatic heterocycles. The van der Waals surface area contributed by atoms with Gasteiger partial charge in [-0.15, -0.1) is 0 Å². The third kappa shape index (κ3) is 1.62. The Bertz CT molecular complexity index is 640. The van der Waals surface area contributed by atoms with Crippen LogP contribution in [0.5, 0.6) is 11.5 Å². The molecule has 0 spiro atoms. The average molecular weight is 272 g/mol. The highest BCUT2D eigenvalue weighted by Gasteiger charge is 2.46. The van der Waals surface area contributed by atoms with Crippen molar-refractivity contribution in [2.24, 2.45) is 5.41 Å². The van der Waals surface area contributed by atoms with Gasteiger partial charge in [-0.1, -0.05) is 32.8 Å². The third-order valence-electron chi connectivity index (χ3n) is 5.05. The molecule has 3 nitrogen and oxygen atoms in total. The molecule has 3 heteroatoms. The molecule has 1 aromatic carbocycles. The van der Waals surface area contributed by atoms with Crippen molar-refractivity contribution in [2.45, 2.75) is 45.4 Å². The Hall–Kier alpha value is -1.77. The number of allylic oxidation sites excluding steroid dienone is 2. The second kappa shape index (κ2) is 3.87. The summed E-state index contributed by atoms with van der Waals surface area (Å²) in [5.41, 5.74) is 2.29. The van der Waals surface area contributed by atoms with E-state index < -0.39 is 0 Å². The molecule has 3 rings (SSSR count). The monoisotopic (exact) mass is 272 g/mol. The van der Waals surface area contributed by atoms with E-state index in [4.69, 9.17) is 0 Å². The number of ketones is 1. The molecule has 0 amide bonds. The van der Waals surface area contributed by atoms with Crippen molar-refractivity contribution in [2.75, 3.05) is 0 Å². The quantitative estimate of drug-likeness (QED) is 0.708. The van der Waals surface area contributed by atoms with Gasteiger partial charge in [-0.2, -0.15) is 0 Å². The smallest absolute Gasteiger partial charge is 0.186 e. The fourth-order valence-electron chi connectivity index (χ4n) is 3.98. The van der Waals surface area contributed by atoms with Crippen LogP contribution in [0.25, 0.3) is 0 Å². The summed E-state index contributed by atoms with van der Waals surface area (Å²) in [6, 6.07) is 2.96. The van der Waals surface area contributed by atoms with Gasteiger partial charge in [0.15, 0.2) is 17.3 Å². The maximum Gasteiger partial charge on any atom is 0.186 e. The molecule has 0 heterocycles. The molecule has 2 aliphatic rings. The van der Waals surface area contributed by atoms with Crippen LogP contribution in [0.1, 0.15) is 56.0 Å². The Morgan fingerprint density at radius 3 is 2.40 bits per heavy atom. The number of phenolic OH excluding ortho intramolecular Hbond substituents is 2. The maximum absolute atomic E-state index is 12.4. The van der Waals surface area contributed by atoms with E-state index in [1.54, 1.807) is 12.1 Å². The van der Waals surface area contributed by atoms with E-state index in [1.807, 2.05) is 0 Å². The van der Waals surface area contributed by atoms with Crippen LogP contribution in [0.3, 0.4) is 0 Å². The van der Waals surface area contributed by atoms with Crippen LogP contribution in [-0.2, 0) is 5.41 Å². The van der Waals surface area contributed by atoms with Crippen molar-refractivity contribution in [1.29, 1.82) is 0 Å². The van der Waals surface area contributed by atoms with Crippen LogP contribution in [0, 0.1) is 5.41 Å². The van der Waals surface area contributed by atoms with E-state index in [1.165, 1.54) is 6.07 Å². The molecule has 1 fully saturated rings. The number of carbonyl (C=O) groups is 1. The summed E-state index contributed by atoms with van der Waals surface area (Å²) in [7, 11) is 0. The molecule has 0 aliphatic heterocycles. The normalized spacial score (nSPS) is 27.6. The average Bonchev–Trinajstić information content (AvgIpc) is 2.35. The zero-order valence-corrected chi connectivity index (χ0v) is 12.2. The van der Waals surface area contributed by atoms with Gasteiger partial charge in [0.25, 0.3) is 0 Å². The van der Waals surface area contributed by atoms with Crippen LogP contribution >= 0.6 is 0 Å². The lowest BCUT2D eigenvalue weighted by atomic mass is 9.55. The summed E-state index contributed by atoms with van der Waals surface area (Å²) in [6.07, 6.45) is 4.88. The third-order valence-corrected chi connectivity index (χ3v) is 5.05. The van der Waals surface area contributed by atoms with E-state index in [0.717, 1.165) is 30.4 Å². The molecule has 20 heavy (non-hydrogen) atoms. The van der Waals surface area contributed by atoms with E-state index in [-0.39, 0.29) is 28.1 Å². The zero-order chi connectivity index (χ0) is 14.7. The predicted molar refractivity (Wildman–Crippen MR) is 77.2 cm³/mol. The van der Waals surface area contributed by atoms with Gasteiger partial charge < -0.3 is 10.2 Å². The molecule has 2 N–H and O–H groups in total. The number of fused-ring (bicyclic) bond motifs is 3. The lowest BCUT2D eigenvalue weighted by Crippen LogP contribution is -2.41. The van der Waals surface area contributed by atoms with Gasteiger partial charge in [-0.05, 0) is 42.0 Å². The van der Waals surface area contributed by atoms with Crippen molar-refractivity contribution in [1.82, 2.24) is 0 Å². The lowest BCUT2D eigenvalue weighted by Gasteiger charge is -2.48. The number of hydrogen-bond acceptors (Lipinski definition) is 3. The maximum atomic E-state index is 12.4.